The van der Waals surface area contributed by atoms with E-state index in [0.717, 1.165) is 25.2 Å². The van der Waals surface area contributed by atoms with Crippen molar-refractivity contribution in [3.63, 3.8) is 0 Å². The summed E-state index contributed by atoms with van der Waals surface area (Å²) in [7, 11) is 1.62. The molecule has 0 saturated carbocycles. The molecule has 96 valence electrons. The number of nitrogens with one attached hydrogen (secondary N) is 1. The van der Waals surface area contributed by atoms with E-state index in [2.05, 4.69) is 24.1 Å². The van der Waals surface area contributed by atoms with Crippen molar-refractivity contribution in [1.82, 2.24) is 4.98 Å². The first-order valence-electron chi connectivity index (χ1n) is 6.14. The van der Waals surface area contributed by atoms with E-state index < -0.39 is 0 Å². The van der Waals surface area contributed by atoms with Crippen LogP contribution in [0.1, 0.15) is 26.7 Å². The Morgan fingerprint density at radius 3 is 2.59 bits per heavy atom. The van der Waals surface area contributed by atoms with Crippen LogP contribution in [0.5, 0.6) is 5.88 Å². The average Bonchev–Trinajstić information content (AvgIpc) is 2.41. The van der Waals surface area contributed by atoms with Crippen LogP contribution in [-0.2, 0) is 0 Å². The minimum Gasteiger partial charge on any atom is -0.481 e. The minimum atomic E-state index is 0.157. The molecule has 0 amide bonds. The number of rotatable bonds is 7. The Morgan fingerprint density at radius 2 is 2.06 bits per heavy atom. The monoisotopic (exact) mass is 237 g/mol. The van der Waals surface area contributed by atoms with E-state index in [1.54, 1.807) is 7.11 Å². The molecular weight excluding hydrogens is 214 g/mol. The van der Waals surface area contributed by atoms with Crippen molar-refractivity contribution < 1.29 is 4.74 Å². The van der Waals surface area contributed by atoms with Crippen LogP contribution >= 0.6 is 0 Å². The zero-order chi connectivity index (χ0) is 12.7. The number of ether oxygens (including phenoxy) is 1. The molecule has 1 heterocycles. The van der Waals surface area contributed by atoms with Crippen LogP contribution in [0.4, 0.5) is 5.82 Å². The number of aromatic nitrogens is 1. The van der Waals surface area contributed by atoms with Crippen LogP contribution in [-0.4, -0.2) is 25.2 Å². The van der Waals surface area contributed by atoms with Crippen molar-refractivity contribution in [3.8, 4) is 5.88 Å². The van der Waals surface area contributed by atoms with Gasteiger partial charge in [-0.3, -0.25) is 0 Å². The Morgan fingerprint density at radius 1 is 1.35 bits per heavy atom. The van der Waals surface area contributed by atoms with Gasteiger partial charge in [0.25, 0.3) is 0 Å². The van der Waals surface area contributed by atoms with Crippen LogP contribution in [0, 0.1) is 5.41 Å². The molecule has 0 radical (unpaired) electrons. The quantitative estimate of drug-likeness (QED) is 0.763. The summed E-state index contributed by atoms with van der Waals surface area (Å²) in [6.45, 7) is 5.89. The van der Waals surface area contributed by atoms with E-state index in [1.807, 2.05) is 18.2 Å². The minimum absolute atomic E-state index is 0.157. The van der Waals surface area contributed by atoms with E-state index in [-0.39, 0.29) is 5.41 Å². The second kappa shape index (κ2) is 6.45. The summed E-state index contributed by atoms with van der Waals surface area (Å²) in [4.78, 5) is 4.32. The summed E-state index contributed by atoms with van der Waals surface area (Å²) >= 11 is 0. The smallest absolute Gasteiger partial charge is 0.214 e. The summed E-state index contributed by atoms with van der Waals surface area (Å²) in [5.41, 5.74) is 6.02. The largest absolute Gasteiger partial charge is 0.481 e. The third-order valence-corrected chi connectivity index (χ3v) is 3.51. The first-order chi connectivity index (χ1) is 8.19. The Kier molecular flexibility index (Phi) is 5.22. The third-order valence-electron chi connectivity index (χ3n) is 3.51. The number of hydrogen-bond acceptors (Lipinski definition) is 4. The molecule has 0 aromatic carbocycles. The van der Waals surface area contributed by atoms with Crippen molar-refractivity contribution >= 4 is 5.82 Å². The van der Waals surface area contributed by atoms with Gasteiger partial charge in [0.1, 0.15) is 5.82 Å². The SMILES string of the molecule is CCC(CC)(CN)CNc1cccc(OC)n1. The van der Waals surface area contributed by atoms with Crippen LogP contribution < -0.4 is 15.8 Å². The van der Waals surface area contributed by atoms with Gasteiger partial charge in [0.05, 0.1) is 7.11 Å². The van der Waals surface area contributed by atoms with Gasteiger partial charge in [-0.2, -0.15) is 4.98 Å². The lowest BCUT2D eigenvalue weighted by Gasteiger charge is -2.30. The predicted octanol–water partition coefficient (Wildman–Crippen LogP) is 2.27. The third kappa shape index (κ3) is 3.60. The summed E-state index contributed by atoms with van der Waals surface area (Å²) in [5, 5.41) is 3.34. The summed E-state index contributed by atoms with van der Waals surface area (Å²) in [6, 6.07) is 5.70. The molecule has 0 bridgehead atoms. The van der Waals surface area contributed by atoms with Gasteiger partial charge >= 0.3 is 0 Å². The lowest BCUT2D eigenvalue weighted by atomic mass is 9.82. The van der Waals surface area contributed by atoms with Crippen molar-refractivity contribution in [3.05, 3.63) is 18.2 Å². The number of anilines is 1. The highest BCUT2D eigenvalue weighted by molar-refractivity contribution is 5.37. The highest BCUT2D eigenvalue weighted by Crippen LogP contribution is 2.25. The van der Waals surface area contributed by atoms with Gasteiger partial charge in [-0.15, -0.1) is 0 Å². The van der Waals surface area contributed by atoms with Crippen LogP contribution in [0.15, 0.2) is 18.2 Å². The lowest BCUT2D eigenvalue weighted by Crippen LogP contribution is -2.36. The van der Waals surface area contributed by atoms with Crippen molar-refractivity contribution in [1.29, 1.82) is 0 Å². The van der Waals surface area contributed by atoms with Gasteiger partial charge in [0.15, 0.2) is 0 Å². The predicted molar refractivity (Wildman–Crippen MR) is 71.3 cm³/mol. The first kappa shape index (κ1) is 13.8. The molecule has 4 nitrogen and oxygen atoms in total. The topological polar surface area (TPSA) is 60.2 Å². The number of hydrogen-bond donors (Lipinski definition) is 2. The molecule has 1 aromatic heterocycles. The summed E-state index contributed by atoms with van der Waals surface area (Å²) in [6.07, 6.45) is 2.13. The molecule has 0 unspecified atom stereocenters. The maximum Gasteiger partial charge on any atom is 0.214 e. The molecule has 0 saturated heterocycles. The Labute approximate surface area is 104 Å². The van der Waals surface area contributed by atoms with Crippen LogP contribution in [0.3, 0.4) is 0 Å². The number of methoxy groups -OCH3 is 1. The van der Waals surface area contributed by atoms with E-state index in [1.165, 1.54) is 0 Å². The van der Waals surface area contributed by atoms with Gasteiger partial charge in [-0.05, 0) is 30.9 Å². The first-order valence-corrected chi connectivity index (χ1v) is 6.14. The maximum absolute atomic E-state index is 5.86. The van der Waals surface area contributed by atoms with Gasteiger partial charge in [0.2, 0.25) is 5.88 Å². The van der Waals surface area contributed by atoms with Crippen molar-refractivity contribution in [2.45, 2.75) is 26.7 Å². The standard InChI is InChI=1S/C13H23N3O/c1-4-13(5-2,9-14)10-15-11-7-6-8-12(16-11)17-3/h6-8H,4-5,9-10,14H2,1-3H3,(H,15,16). The summed E-state index contributed by atoms with van der Waals surface area (Å²) < 4.78 is 5.09. The molecule has 0 aliphatic rings. The molecule has 3 N–H and O–H groups in total. The van der Waals surface area contributed by atoms with E-state index >= 15 is 0 Å². The molecular formula is C13H23N3O. The molecule has 1 aromatic rings. The molecule has 0 aliphatic heterocycles. The van der Waals surface area contributed by atoms with E-state index in [0.29, 0.717) is 12.4 Å². The van der Waals surface area contributed by atoms with Crippen molar-refractivity contribution in [2.24, 2.45) is 11.1 Å². The molecule has 0 fully saturated rings. The normalized spacial score (nSPS) is 11.3. The highest BCUT2D eigenvalue weighted by Gasteiger charge is 2.24. The van der Waals surface area contributed by atoms with Crippen molar-refractivity contribution in [2.75, 3.05) is 25.5 Å². The van der Waals surface area contributed by atoms with E-state index in [9.17, 15) is 0 Å². The molecule has 0 aliphatic carbocycles. The second-order valence-corrected chi connectivity index (χ2v) is 4.33. The molecule has 1 rings (SSSR count). The number of nitrogens with two attached hydrogens (primary N) is 1. The molecule has 0 atom stereocenters. The molecule has 4 heteroatoms. The molecule has 17 heavy (non-hydrogen) atoms. The zero-order valence-electron chi connectivity index (χ0n) is 11.0. The highest BCUT2D eigenvalue weighted by atomic mass is 16.5. The number of nitrogens with zero attached hydrogens (tertiary/aromatic N) is 1. The lowest BCUT2D eigenvalue weighted by molar-refractivity contribution is 0.294. The van der Waals surface area contributed by atoms with E-state index in [4.69, 9.17) is 10.5 Å². The average molecular weight is 237 g/mol. The fraction of sp³-hybridized carbons (Fsp3) is 0.615. The Balaban J connectivity index is 2.65. The Bertz CT molecular complexity index is 329. The van der Waals surface area contributed by atoms with Gasteiger partial charge in [-0.1, -0.05) is 19.9 Å². The summed E-state index contributed by atoms with van der Waals surface area (Å²) in [5.74, 6) is 1.46. The number of pyridine rings is 1. The fourth-order valence-corrected chi connectivity index (χ4v) is 1.77. The fourth-order valence-electron chi connectivity index (χ4n) is 1.77. The molecule has 0 spiro atoms. The maximum atomic E-state index is 5.86. The van der Waals surface area contributed by atoms with Crippen LogP contribution in [0.2, 0.25) is 0 Å². The van der Waals surface area contributed by atoms with Crippen LogP contribution in [0.25, 0.3) is 0 Å². The van der Waals surface area contributed by atoms with Gasteiger partial charge in [0, 0.05) is 12.6 Å². The Hall–Kier alpha value is -1.29. The second-order valence-electron chi connectivity index (χ2n) is 4.33. The zero-order valence-corrected chi connectivity index (χ0v) is 11.0. The van der Waals surface area contributed by atoms with Gasteiger partial charge in [-0.25, -0.2) is 0 Å². The van der Waals surface area contributed by atoms with Gasteiger partial charge < -0.3 is 15.8 Å².